The number of carbonyl (C=O) groups excluding carboxylic acids is 2. The SMILES string of the molecule is CN1C(=O)C2=C(C1=O)C1(C)C3(C)OC3(C)C21C. The third-order valence-electron chi connectivity index (χ3n) is 6.47. The number of epoxide rings is 1. The lowest BCUT2D eigenvalue weighted by molar-refractivity contribution is -0.135. The topological polar surface area (TPSA) is 49.9 Å². The Bertz CT molecular complexity index is 531. The molecule has 0 aromatic rings. The van der Waals surface area contributed by atoms with Gasteiger partial charge in [0.15, 0.2) is 0 Å². The van der Waals surface area contributed by atoms with Crippen molar-refractivity contribution in [3.8, 4) is 0 Å². The lowest BCUT2D eigenvalue weighted by Crippen LogP contribution is -2.75. The van der Waals surface area contributed by atoms with Gasteiger partial charge in [0.25, 0.3) is 11.8 Å². The minimum atomic E-state index is -0.290. The molecule has 4 aliphatic rings. The molecule has 90 valence electrons. The molecule has 4 heteroatoms. The van der Waals surface area contributed by atoms with Crippen LogP contribution in [0, 0.1) is 10.8 Å². The van der Waals surface area contributed by atoms with Gasteiger partial charge in [-0.05, 0) is 13.8 Å². The lowest BCUT2D eigenvalue weighted by atomic mass is 9.29. The molecule has 0 bridgehead atoms. The van der Waals surface area contributed by atoms with Gasteiger partial charge in [0.2, 0.25) is 0 Å². The molecule has 0 N–H and O–H groups in total. The minimum absolute atomic E-state index is 0.135. The molecule has 4 atom stereocenters. The summed E-state index contributed by atoms with van der Waals surface area (Å²) in [5, 5.41) is 0. The van der Waals surface area contributed by atoms with E-state index in [1.54, 1.807) is 7.05 Å². The number of rotatable bonds is 0. The summed E-state index contributed by atoms with van der Waals surface area (Å²) < 4.78 is 5.90. The van der Waals surface area contributed by atoms with Gasteiger partial charge in [0, 0.05) is 29.0 Å². The van der Waals surface area contributed by atoms with E-state index in [0.29, 0.717) is 11.1 Å². The van der Waals surface area contributed by atoms with Gasteiger partial charge in [-0.1, -0.05) is 13.8 Å². The monoisotopic (exact) mass is 233 g/mol. The number of likely N-dealkylation sites (tertiary alicyclic amines) is 1. The van der Waals surface area contributed by atoms with E-state index in [4.69, 9.17) is 4.74 Å². The number of hydrogen-bond acceptors (Lipinski definition) is 3. The summed E-state index contributed by atoms with van der Waals surface area (Å²) in [6, 6.07) is 0. The normalized spacial score (nSPS) is 58.3. The first kappa shape index (κ1) is 9.83. The molecular weight excluding hydrogens is 218 g/mol. The van der Waals surface area contributed by atoms with E-state index in [9.17, 15) is 9.59 Å². The summed E-state index contributed by atoms with van der Waals surface area (Å²) in [4.78, 5) is 25.5. The minimum Gasteiger partial charge on any atom is -0.361 e. The molecule has 2 aliphatic carbocycles. The smallest absolute Gasteiger partial charge is 0.257 e. The van der Waals surface area contributed by atoms with Crippen LogP contribution in [0.5, 0.6) is 0 Å². The van der Waals surface area contributed by atoms with Crippen LogP contribution in [0.25, 0.3) is 0 Å². The molecule has 0 radical (unpaired) electrons. The standard InChI is InChI=1S/C13H15NO3/c1-10-6-7(9(16)14(5)8(6)15)11(10,2)13(4)12(10,3)17-13/h1-5H3. The van der Waals surface area contributed by atoms with E-state index in [0.717, 1.165) is 0 Å². The molecule has 4 nitrogen and oxygen atoms in total. The predicted molar refractivity (Wildman–Crippen MR) is 58.9 cm³/mol. The van der Waals surface area contributed by atoms with E-state index in [-0.39, 0.29) is 33.8 Å². The summed E-state index contributed by atoms with van der Waals surface area (Å²) >= 11 is 0. The Balaban J connectivity index is 2.01. The number of nitrogens with zero attached hydrogens (tertiary/aromatic N) is 1. The fourth-order valence-electron chi connectivity index (χ4n) is 4.92. The van der Waals surface area contributed by atoms with Crippen molar-refractivity contribution in [2.45, 2.75) is 38.9 Å². The second-order valence-corrected chi connectivity index (χ2v) is 6.34. The Kier molecular flexibility index (Phi) is 1.09. The maximum absolute atomic E-state index is 12.1. The molecule has 0 spiro atoms. The Morgan fingerprint density at radius 1 is 0.882 bits per heavy atom. The third kappa shape index (κ3) is 0.488. The highest BCUT2D eigenvalue weighted by Crippen LogP contribution is 2.92. The summed E-state index contributed by atoms with van der Waals surface area (Å²) in [7, 11) is 1.56. The Morgan fingerprint density at radius 3 is 1.59 bits per heavy atom. The summed E-state index contributed by atoms with van der Waals surface area (Å²) in [6.07, 6.45) is 0. The van der Waals surface area contributed by atoms with Gasteiger partial charge in [-0.15, -0.1) is 0 Å². The molecule has 2 heterocycles. The van der Waals surface area contributed by atoms with Gasteiger partial charge in [-0.2, -0.15) is 0 Å². The molecule has 0 aromatic carbocycles. The first-order chi connectivity index (χ1) is 7.68. The van der Waals surface area contributed by atoms with Gasteiger partial charge in [-0.25, -0.2) is 0 Å². The van der Waals surface area contributed by atoms with E-state index in [1.807, 2.05) is 0 Å². The zero-order valence-electron chi connectivity index (χ0n) is 10.7. The highest BCUT2D eigenvalue weighted by Gasteiger charge is 3.00. The summed E-state index contributed by atoms with van der Waals surface area (Å²) in [5.41, 5.74) is 0.280. The van der Waals surface area contributed by atoms with Crippen LogP contribution in [0.1, 0.15) is 27.7 Å². The molecular formula is C13H15NO3. The highest BCUT2D eigenvalue weighted by atomic mass is 16.6. The molecule has 4 unspecified atom stereocenters. The summed E-state index contributed by atoms with van der Waals surface area (Å²) in [6.45, 7) is 8.22. The van der Waals surface area contributed by atoms with Crippen LogP contribution in [-0.4, -0.2) is 35.0 Å². The van der Waals surface area contributed by atoms with Crippen LogP contribution in [-0.2, 0) is 14.3 Å². The van der Waals surface area contributed by atoms with Gasteiger partial charge >= 0.3 is 0 Å². The Hall–Kier alpha value is -1.16. The number of carbonyl (C=O) groups is 2. The van der Waals surface area contributed by atoms with Crippen molar-refractivity contribution in [3.05, 3.63) is 11.1 Å². The predicted octanol–water partition coefficient (Wildman–Crippen LogP) is 0.869. The number of ether oxygens (including phenoxy) is 1. The molecule has 2 aliphatic heterocycles. The van der Waals surface area contributed by atoms with Crippen molar-refractivity contribution in [2.24, 2.45) is 10.8 Å². The van der Waals surface area contributed by atoms with Gasteiger partial charge < -0.3 is 4.74 Å². The van der Waals surface area contributed by atoms with Crippen LogP contribution in [0.15, 0.2) is 11.1 Å². The van der Waals surface area contributed by atoms with Crippen molar-refractivity contribution in [1.29, 1.82) is 0 Å². The van der Waals surface area contributed by atoms with E-state index in [1.165, 1.54) is 4.90 Å². The molecule has 17 heavy (non-hydrogen) atoms. The molecule has 1 saturated heterocycles. The highest BCUT2D eigenvalue weighted by molar-refractivity contribution is 6.24. The van der Waals surface area contributed by atoms with Crippen molar-refractivity contribution in [1.82, 2.24) is 4.90 Å². The van der Waals surface area contributed by atoms with Crippen LogP contribution in [0.3, 0.4) is 0 Å². The first-order valence-electron chi connectivity index (χ1n) is 5.96. The number of fused-ring (bicyclic) bond motifs is 6. The number of likely N-dealkylation sites (N-methyl/N-ethyl adjacent to an activating group) is 1. The van der Waals surface area contributed by atoms with E-state index < -0.39 is 0 Å². The Morgan fingerprint density at radius 2 is 1.24 bits per heavy atom. The van der Waals surface area contributed by atoms with Crippen molar-refractivity contribution >= 4 is 11.8 Å². The molecule has 0 aromatic heterocycles. The zero-order chi connectivity index (χ0) is 12.6. The second-order valence-electron chi connectivity index (χ2n) is 6.34. The van der Waals surface area contributed by atoms with Crippen molar-refractivity contribution in [2.75, 3.05) is 7.05 Å². The van der Waals surface area contributed by atoms with Crippen molar-refractivity contribution < 1.29 is 14.3 Å². The van der Waals surface area contributed by atoms with E-state index >= 15 is 0 Å². The van der Waals surface area contributed by atoms with Crippen LogP contribution in [0.2, 0.25) is 0 Å². The van der Waals surface area contributed by atoms with Crippen LogP contribution < -0.4 is 0 Å². The quantitative estimate of drug-likeness (QED) is 0.461. The van der Waals surface area contributed by atoms with Gasteiger partial charge in [0.05, 0.1) is 0 Å². The van der Waals surface area contributed by atoms with Crippen LogP contribution in [0.4, 0.5) is 0 Å². The average molecular weight is 233 g/mol. The zero-order valence-corrected chi connectivity index (χ0v) is 10.7. The average Bonchev–Trinajstić information content (AvgIpc) is 2.76. The molecule has 2 amide bonds. The van der Waals surface area contributed by atoms with E-state index in [2.05, 4.69) is 27.7 Å². The first-order valence-corrected chi connectivity index (χ1v) is 5.96. The maximum Gasteiger partial charge on any atom is 0.257 e. The Labute approximate surface area is 99.6 Å². The third-order valence-corrected chi connectivity index (χ3v) is 6.47. The lowest BCUT2D eigenvalue weighted by Gasteiger charge is -2.67. The molecule has 1 saturated carbocycles. The van der Waals surface area contributed by atoms with Gasteiger partial charge in [0.1, 0.15) is 11.2 Å². The second kappa shape index (κ2) is 1.88. The fourth-order valence-corrected chi connectivity index (χ4v) is 4.92. The van der Waals surface area contributed by atoms with Crippen molar-refractivity contribution in [3.63, 3.8) is 0 Å². The number of hydrogen-bond donors (Lipinski definition) is 0. The maximum atomic E-state index is 12.1. The van der Waals surface area contributed by atoms with Crippen LogP contribution >= 0.6 is 0 Å². The molecule has 2 fully saturated rings. The largest absolute Gasteiger partial charge is 0.361 e. The number of imide groups is 1. The number of amides is 2. The fraction of sp³-hybridized carbons (Fsp3) is 0.692. The van der Waals surface area contributed by atoms with Gasteiger partial charge in [-0.3, -0.25) is 14.5 Å². The summed E-state index contributed by atoms with van der Waals surface area (Å²) in [5.74, 6) is -0.271. The molecule has 4 rings (SSSR count).